The van der Waals surface area contributed by atoms with E-state index in [1.165, 1.54) is 0 Å². The zero-order chi connectivity index (χ0) is 19.0. The SMILES string of the molecule is CCOc1cc([C@H]2[C@H](c3ccccn3)N=C3SC[C@@H](CC)N32)c(Cl)cc1O. The molecule has 0 radical (unpaired) electrons. The van der Waals surface area contributed by atoms with Gasteiger partial charge < -0.3 is 14.7 Å². The van der Waals surface area contributed by atoms with Crippen molar-refractivity contribution in [1.29, 1.82) is 0 Å². The van der Waals surface area contributed by atoms with Crippen LogP contribution in [0.25, 0.3) is 0 Å². The lowest BCUT2D eigenvalue weighted by Crippen LogP contribution is -2.35. The maximum absolute atomic E-state index is 10.2. The number of hydrogen-bond acceptors (Lipinski definition) is 6. The molecule has 1 fully saturated rings. The van der Waals surface area contributed by atoms with Crippen LogP contribution in [-0.2, 0) is 0 Å². The number of rotatable bonds is 5. The molecule has 1 aromatic carbocycles. The number of amidine groups is 1. The van der Waals surface area contributed by atoms with Crippen molar-refractivity contribution in [2.24, 2.45) is 4.99 Å². The molecule has 0 aliphatic carbocycles. The standard InChI is InChI=1S/C20H22ClN3O2S/c1-3-12-11-27-20-23-18(15-7-5-6-8-22-15)19(24(12)20)13-9-17(26-4-2)16(25)10-14(13)21/h5-10,12,18-19,25H,3-4,11H2,1-2H3/t12-,18+,19+/m1/s1. The van der Waals surface area contributed by atoms with Crippen LogP contribution < -0.4 is 4.74 Å². The van der Waals surface area contributed by atoms with Gasteiger partial charge in [0.15, 0.2) is 16.7 Å². The third kappa shape index (κ3) is 3.25. The summed E-state index contributed by atoms with van der Waals surface area (Å²) in [6.45, 7) is 4.57. The van der Waals surface area contributed by atoms with E-state index in [0.717, 1.165) is 28.6 Å². The first-order chi connectivity index (χ1) is 13.1. The molecule has 7 heteroatoms. The van der Waals surface area contributed by atoms with Crippen LogP contribution >= 0.6 is 23.4 Å². The van der Waals surface area contributed by atoms with Crippen LogP contribution in [0.2, 0.25) is 5.02 Å². The second kappa shape index (κ2) is 7.60. The fourth-order valence-corrected chi connectivity index (χ4v) is 5.35. The maximum Gasteiger partial charge on any atom is 0.161 e. The molecule has 0 unspecified atom stereocenters. The highest BCUT2D eigenvalue weighted by atomic mass is 35.5. The van der Waals surface area contributed by atoms with Gasteiger partial charge in [-0.2, -0.15) is 0 Å². The van der Waals surface area contributed by atoms with Crippen molar-refractivity contribution < 1.29 is 9.84 Å². The zero-order valence-electron chi connectivity index (χ0n) is 15.3. The summed E-state index contributed by atoms with van der Waals surface area (Å²) in [5, 5.41) is 11.8. The van der Waals surface area contributed by atoms with E-state index in [9.17, 15) is 5.11 Å². The van der Waals surface area contributed by atoms with E-state index in [4.69, 9.17) is 21.3 Å². The van der Waals surface area contributed by atoms with Gasteiger partial charge in [-0.05, 0) is 37.1 Å². The van der Waals surface area contributed by atoms with Gasteiger partial charge in [0.25, 0.3) is 0 Å². The van der Waals surface area contributed by atoms with Crippen molar-refractivity contribution in [3.63, 3.8) is 0 Å². The topological polar surface area (TPSA) is 58.0 Å². The van der Waals surface area contributed by atoms with Gasteiger partial charge in [-0.15, -0.1) is 0 Å². The number of pyridine rings is 1. The predicted octanol–water partition coefficient (Wildman–Crippen LogP) is 4.82. The Morgan fingerprint density at radius 1 is 1.33 bits per heavy atom. The van der Waals surface area contributed by atoms with Gasteiger partial charge in [0, 0.05) is 29.1 Å². The molecular formula is C20H22ClN3O2S. The van der Waals surface area contributed by atoms with E-state index in [-0.39, 0.29) is 17.8 Å². The molecule has 4 rings (SSSR count). The number of aliphatic imine (C=N–C) groups is 1. The van der Waals surface area contributed by atoms with Gasteiger partial charge in [0.05, 0.1) is 18.3 Å². The van der Waals surface area contributed by atoms with E-state index in [2.05, 4.69) is 16.8 Å². The first-order valence-electron chi connectivity index (χ1n) is 9.19. The molecule has 5 nitrogen and oxygen atoms in total. The molecule has 3 heterocycles. The van der Waals surface area contributed by atoms with Gasteiger partial charge in [-0.3, -0.25) is 9.98 Å². The Kier molecular flexibility index (Phi) is 5.19. The van der Waals surface area contributed by atoms with E-state index in [1.807, 2.05) is 31.2 Å². The van der Waals surface area contributed by atoms with Crippen LogP contribution in [-0.4, -0.2) is 38.6 Å². The van der Waals surface area contributed by atoms with Gasteiger partial charge in [-0.25, -0.2) is 0 Å². The number of phenols is 1. The summed E-state index contributed by atoms with van der Waals surface area (Å²) in [4.78, 5) is 11.9. The molecule has 2 aliphatic heterocycles. The average molecular weight is 404 g/mol. The van der Waals surface area contributed by atoms with Crippen LogP contribution in [0.3, 0.4) is 0 Å². The Labute approximate surface area is 168 Å². The molecule has 0 bridgehead atoms. The lowest BCUT2D eigenvalue weighted by atomic mass is 9.94. The summed E-state index contributed by atoms with van der Waals surface area (Å²) < 4.78 is 5.61. The van der Waals surface area contributed by atoms with Crippen LogP contribution in [0.15, 0.2) is 41.5 Å². The molecular weight excluding hydrogens is 382 g/mol. The predicted molar refractivity (Wildman–Crippen MR) is 110 cm³/mol. The summed E-state index contributed by atoms with van der Waals surface area (Å²) in [6, 6.07) is 9.52. The summed E-state index contributed by atoms with van der Waals surface area (Å²) in [7, 11) is 0. The van der Waals surface area contributed by atoms with Crippen LogP contribution in [0.1, 0.15) is 43.6 Å². The minimum atomic E-state index is -0.139. The Morgan fingerprint density at radius 3 is 2.89 bits per heavy atom. The number of benzene rings is 1. The summed E-state index contributed by atoms with van der Waals surface area (Å²) in [6.07, 6.45) is 2.83. The first-order valence-corrected chi connectivity index (χ1v) is 10.6. The van der Waals surface area contributed by atoms with Crippen LogP contribution in [0.4, 0.5) is 0 Å². The molecule has 3 atom stereocenters. The Bertz CT molecular complexity index is 862. The van der Waals surface area contributed by atoms with Gasteiger partial charge in [0.1, 0.15) is 6.04 Å². The van der Waals surface area contributed by atoms with Crippen molar-refractivity contribution in [1.82, 2.24) is 9.88 Å². The van der Waals surface area contributed by atoms with Gasteiger partial charge in [-0.1, -0.05) is 36.4 Å². The van der Waals surface area contributed by atoms with E-state index >= 15 is 0 Å². The molecule has 1 N–H and O–H groups in total. The fourth-order valence-electron chi connectivity index (χ4n) is 3.74. The molecule has 2 aliphatic rings. The highest BCUT2D eigenvalue weighted by molar-refractivity contribution is 8.14. The summed E-state index contributed by atoms with van der Waals surface area (Å²) in [5.41, 5.74) is 1.83. The minimum Gasteiger partial charge on any atom is -0.504 e. The number of phenolic OH excluding ortho intramolecular Hbond substituents is 1. The third-order valence-corrected chi connectivity index (χ3v) is 6.48. The number of halogens is 1. The van der Waals surface area contributed by atoms with Crippen molar-refractivity contribution in [2.75, 3.05) is 12.4 Å². The number of ether oxygens (including phenoxy) is 1. The average Bonchev–Trinajstić information content (AvgIpc) is 3.24. The third-order valence-electron chi connectivity index (χ3n) is 5.03. The highest BCUT2D eigenvalue weighted by Crippen LogP contribution is 2.51. The molecule has 1 saturated heterocycles. The van der Waals surface area contributed by atoms with Gasteiger partial charge in [0.2, 0.25) is 0 Å². The Balaban J connectivity index is 1.83. The van der Waals surface area contributed by atoms with E-state index in [1.54, 1.807) is 24.0 Å². The number of thioether (sulfide) groups is 1. The highest BCUT2D eigenvalue weighted by Gasteiger charge is 2.46. The number of nitrogens with zero attached hydrogens (tertiary/aromatic N) is 3. The monoisotopic (exact) mass is 403 g/mol. The van der Waals surface area contributed by atoms with Crippen LogP contribution in [0, 0.1) is 0 Å². The lowest BCUT2D eigenvalue weighted by molar-refractivity contribution is 0.253. The van der Waals surface area contributed by atoms with Gasteiger partial charge >= 0.3 is 0 Å². The molecule has 0 spiro atoms. The smallest absolute Gasteiger partial charge is 0.161 e. The number of fused-ring (bicyclic) bond motifs is 1. The van der Waals surface area contributed by atoms with Crippen molar-refractivity contribution >= 4 is 28.5 Å². The Morgan fingerprint density at radius 2 is 2.19 bits per heavy atom. The van der Waals surface area contributed by atoms with Crippen molar-refractivity contribution in [3.05, 3.63) is 52.8 Å². The molecule has 0 amide bonds. The molecule has 142 valence electrons. The van der Waals surface area contributed by atoms with E-state index < -0.39 is 0 Å². The summed E-state index contributed by atoms with van der Waals surface area (Å²) >= 11 is 8.39. The Hall–Kier alpha value is -1.92. The minimum absolute atomic E-state index is 0.0574. The largest absolute Gasteiger partial charge is 0.504 e. The molecule has 0 saturated carbocycles. The second-order valence-corrected chi connectivity index (χ2v) is 8.01. The fraction of sp³-hybridized carbons (Fsp3) is 0.400. The molecule has 1 aromatic heterocycles. The number of aromatic nitrogens is 1. The molecule has 2 aromatic rings. The van der Waals surface area contributed by atoms with E-state index in [0.29, 0.717) is 23.4 Å². The van der Waals surface area contributed by atoms with Crippen molar-refractivity contribution in [3.8, 4) is 11.5 Å². The lowest BCUT2D eigenvalue weighted by Gasteiger charge is -2.32. The second-order valence-electron chi connectivity index (χ2n) is 6.61. The molecule has 27 heavy (non-hydrogen) atoms. The number of hydrogen-bond donors (Lipinski definition) is 1. The first kappa shape index (κ1) is 18.4. The maximum atomic E-state index is 10.2. The summed E-state index contributed by atoms with van der Waals surface area (Å²) in [5.74, 6) is 1.53. The number of aromatic hydroxyl groups is 1. The van der Waals surface area contributed by atoms with Crippen LogP contribution in [0.5, 0.6) is 11.5 Å². The quantitative estimate of drug-likeness (QED) is 0.775. The zero-order valence-corrected chi connectivity index (χ0v) is 16.9. The normalized spacial score (nSPS) is 24.0. The van der Waals surface area contributed by atoms with Crippen molar-refractivity contribution in [2.45, 2.75) is 38.4 Å².